The molecule has 2 aliphatic rings. The third-order valence-corrected chi connectivity index (χ3v) is 5.43. The van der Waals surface area contributed by atoms with Crippen LogP contribution in [0, 0.1) is 6.92 Å². The molecule has 2 aromatic rings. The topological polar surface area (TPSA) is 52.0 Å². The smallest absolute Gasteiger partial charge is 0.0751 e. The number of aryl methyl sites for hydroxylation is 1. The maximum atomic E-state index is 5.54. The molecule has 0 bridgehead atoms. The molecule has 0 unspecified atom stereocenters. The molecular formula is C19H26N4O. The fraction of sp³-hybridized carbons (Fsp3) is 0.579. The van der Waals surface area contributed by atoms with Crippen molar-refractivity contribution in [2.75, 3.05) is 20.3 Å². The van der Waals surface area contributed by atoms with Gasteiger partial charge in [0.25, 0.3) is 0 Å². The fourth-order valence-electron chi connectivity index (χ4n) is 3.80. The summed E-state index contributed by atoms with van der Waals surface area (Å²) in [5.74, 6) is 0.484. The number of nitrogens with one attached hydrogen (secondary N) is 1. The van der Waals surface area contributed by atoms with Gasteiger partial charge in [0.05, 0.1) is 17.4 Å². The zero-order valence-corrected chi connectivity index (χ0v) is 14.5. The monoisotopic (exact) mass is 326 g/mol. The van der Waals surface area contributed by atoms with E-state index in [4.69, 9.17) is 14.8 Å². The maximum absolute atomic E-state index is 5.54. The molecule has 2 fully saturated rings. The normalized spacial score (nSPS) is 24.8. The van der Waals surface area contributed by atoms with Crippen LogP contribution in [0.25, 0.3) is 11.3 Å². The highest BCUT2D eigenvalue weighted by Gasteiger charge is 2.32. The molecule has 1 N–H and O–H groups in total. The quantitative estimate of drug-likeness (QED) is 0.938. The van der Waals surface area contributed by atoms with E-state index in [1.165, 1.54) is 11.3 Å². The SMILES string of the molecule is CNC1CC(n2cc(-c3cccc(C)n3)c(C3CCOCC3)n2)C1. The number of rotatable bonds is 4. The predicted molar refractivity (Wildman–Crippen MR) is 94.1 cm³/mol. The van der Waals surface area contributed by atoms with Crippen LogP contribution in [0.3, 0.4) is 0 Å². The van der Waals surface area contributed by atoms with Gasteiger partial charge in [0, 0.05) is 42.6 Å². The first-order valence-corrected chi connectivity index (χ1v) is 9.02. The summed E-state index contributed by atoms with van der Waals surface area (Å²) in [4.78, 5) is 4.75. The first kappa shape index (κ1) is 15.8. The Morgan fingerprint density at radius 1 is 1.21 bits per heavy atom. The van der Waals surface area contributed by atoms with Crippen molar-refractivity contribution in [1.82, 2.24) is 20.1 Å². The van der Waals surface area contributed by atoms with Gasteiger partial charge >= 0.3 is 0 Å². The van der Waals surface area contributed by atoms with E-state index in [-0.39, 0.29) is 0 Å². The van der Waals surface area contributed by atoms with Gasteiger partial charge in [-0.2, -0.15) is 5.10 Å². The molecule has 4 rings (SSSR count). The molecule has 1 saturated carbocycles. The minimum absolute atomic E-state index is 0.484. The van der Waals surface area contributed by atoms with Crippen molar-refractivity contribution in [2.45, 2.75) is 50.6 Å². The molecule has 1 aliphatic carbocycles. The minimum Gasteiger partial charge on any atom is -0.381 e. The van der Waals surface area contributed by atoms with Gasteiger partial charge in [0.1, 0.15) is 0 Å². The first-order valence-electron chi connectivity index (χ1n) is 9.02. The van der Waals surface area contributed by atoms with Gasteiger partial charge in [-0.25, -0.2) is 0 Å². The van der Waals surface area contributed by atoms with E-state index in [0.29, 0.717) is 18.0 Å². The number of ether oxygens (including phenoxy) is 1. The van der Waals surface area contributed by atoms with Crippen molar-refractivity contribution in [2.24, 2.45) is 0 Å². The van der Waals surface area contributed by atoms with Crippen molar-refractivity contribution >= 4 is 0 Å². The number of hydrogen-bond donors (Lipinski definition) is 1. The number of hydrogen-bond acceptors (Lipinski definition) is 4. The van der Waals surface area contributed by atoms with Crippen LogP contribution < -0.4 is 5.32 Å². The van der Waals surface area contributed by atoms with Gasteiger partial charge in [0.15, 0.2) is 0 Å². The van der Waals surface area contributed by atoms with Crippen LogP contribution in [0.5, 0.6) is 0 Å². The first-order chi connectivity index (χ1) is 11.7. The molecule has 2 aromatic heterocycles. The molecular weight excluding hydrogens is 300 g/mol. The van der Waals surface area contributed by atoms with Gasteiger partial charge in [-0.05, 0) is 51.8 Å². The molecule has 0 spiro atoms. The standard InChI is InChI=1S/C19H26N4O/c1-13-4-3-5-18(21-13)17-12-23(16-10-15(11-16)20-2)22-19(17)14-6-8-24-9-7-14/h3-5,12,14-16,20H,6-11H2,1-2H3. The summed E-state index contributed by atoms with van der Waals surface area (Å²) < 4.78 is 7.74. The zero-order chi connectivity index (χ0) is 16.5. The molecule has 5 nitrogen and oxygen atoms in total. The second-order valence-corrected chi connectivity index (χ2v) is 7.07. The van der Waals surface area contributed by atoms with Crippen molar-refractivity contribution < 1.29 is 4.74 Å². The summed E-state index contributed by atoms with van der Waals surface area (Å²) in [5.41, 5.74) is 4.52. The van der Waals surface area contributed by atoms with Crippen molar-refractivity contribution in [3.63, 3.8) is 0 Å². The van der Waals surface area contributed by atoms with E-state index in [1.54, 1.807) is 0 Å². The Morgan fingerprint density at radius 2 is 2.00 bits per heavy atom. The average Bonchev–Trinajstić information content (AvgIpc) is 3.00. The summed E-state index contributed by atoms with van der Waals surface area (Å²) in [6.07, 6.45) is 6.65. The fourth-order valence-corrected chi connectivity index (χ4v) is 3.80. The second-order valence-electron chi connectivity index (χ2n) is 7.07. The molecule has 0 atom stereocenters. The van der Waals surface area contributed by atoms with Crippen LogP contribution in [-0.2, 0) is 4.74 Å². The van der Waals surface area contributed by atoms with Crippen LogP contribution in [0.2, 0.25) is 0 Å². The molecule has 128 valence electrons. The molecule has 3 heterocycles. The number of pyridine rings is 1. The molecule has 0 radical (unpaired) electrons. The summed E-state index contributed by atoms with van der Waals surface area (Å²) in [5, 5.41) is 8.38. The largest absolute Gasteiger partial charge is 0.381 e. The van der Waals surface area contributed by atoms with E-state index in [9.17, 15) is 0 Å². The number of nitrogens with zero attached hydrogens (tertiary/aromatic N) is 3. The van der Waals surface area contributed by atoms with E-state index < -0.39 is 0 Å². The Morgan fingerprint density at radius 3 is 2.71 bits per heavy atom. The van der Waals surface area contributed by atoms with Crippen LogP contribution in [0.1, 0.15) is 49.0 Å². The highest BCUT2D eigenvalue weighted by molar-refractivity contribution is 5.62. The Hall–Kier alpha value is -1.72. The molecule has 0 amide bonds. The lowest BCUT2D eigenvalue weighted by Gasteiger charge is -2.35. The minimum atomic E-state index is 0.484. The van der Waals surface area contributed by atoms with E-state index in [2.05, 4.69) is 28.3 Å². The van der Waals surface area contributed by atoms with Gasteiger partial charge in [0.2, 0.25) is 0 Å². The molecule has 1 aliphatic heterocycles. The highest BCUT2D eigenvalue weighted by atomic mass is 16.5. The van der Waals surface area contributed by atoms with Crippen LogP contribution in [0.15, 0.2) is 24.4 Å². The zero-order valence-electron chi connectivity index (χ0n) is 14.5. The third-order valence-electron chi connectivity index (χ3n) is 5.43. The van der Waals surface area contributed by atoms with Crippen LogP contribution >= 0.6 is 0 Å². The Kier molecular flexibility index (Phi) is 4.37. The van der Waals surface area contributed by atoms with Crippen molar-refractivity contribution in [3.8, 4) is 11.3 Å². The molecule has 1 saturated heterocycles. The Balaban J connectivity index is 1.68. The lowest BCUT2D eigenvalue weighted by molar-refractivity contribution is 0.0842. The van der Waals surface area contributed by atoms with Crippen LogP contribution in [0.4, 0.5) is 0 Å². The van der Waals surface area contributed by atoms with Gasteiger partial charge < -0.3 is 10.1 Å². The second kappa shape index (κ2) is 6.65. The predicted octanol–water partition coefficient (Wildman–Crippen LogP) is 3.07. The highest BCUT2D eigenvalue weighted by Crippen LogP contribution is 2.37. The third kappa shape index (κ3) is 2.98. The lowest BCUT2D eigenvalue weighted by Crippen LogP contribution is -2.40. The number of aromatic nitrogens is 3. The molecule has 5 heteroatoms. The summed E-state index contributed by atoms with van der Waals surface area (Å²) in [6, 6.07) is 7.38. The summed E-state index contributed by atoms with van der Waals surface area (Å²) in [6.45, 7) is 3.72. The van der Waals surface area contributed by atoms with Crippen molar-refractivity contribution in [3.05, 3.63) is 35.8 Å². The van der Waals surface area contributed by atoms with Gasteiger partial charge in [-0.15, -0.1) is 0 Å². The van der Waals surface area contributed by atoms with Gasteiger partial charge in [-0.3, -0.25) is 9.67 Å². The van der Waals surface area contributed by atoms with Crippen LogP contribution in [-0.4, -0.2) is 41.1 Å². The lowest BCUT2D eigenvalue weighted by atomic mass is 9.87. The molecule has 0 aromatic carbocycles. The summed E-state index contributed by atoms with van der Waals surface area (Å²) in [7, 11) is 2.04. The van der Waals surface area contributed by atoms with E-state index in [1.807, 2.05) is 20.0 Å². The maximum Gasteiger partial charge on any atom is 0.0751 e. The Bertz CT molecular complexity index is 699. The average molecular weight is 326 g/mol. The van der Waals surface area contributed by atoms with Crippen molar-refractivity contribution in [1.29, 1.82) is 0 Å². The Labute approximate surface area is 143 Å². The molecule has 24 heavy (non-hydrogen) atoms. The van der Waals surface area contributed by atoms with E-state index >= 15 is 0 Å². The van der Waals surface area contributed by atoms with Gasteiger partial charge in [-0.1, -0.05) is 6.07 Å². The van der Waals surface area contributed by atoms with E-state index in [0.717, 1.165) is 50.3 Å². The summed E-state index contributed by atoms with van der Waals surface area (Å²) >= 11 is 0.